The molecule has 0 fully saturated rings. The van der Waals surface area contributed by atoms with Crippen LogP contribution in [0, 0.1) is 0 Å². The monoisotopic (exact) mass is 287 g/mol. The zero-order valence-corrected chi connectivity index (χ0v) is 12.1. The van der Waals surface area contributed by atoms with Gasteiger partial charge in [-0.1, -0.05) is 35.9 Å². The molecule has 0 saturated heterocycles. The lowest BCUT2D eigenvalue weighted by Crippen LogP contribution is -2.22. The largest absolute Gasteiger partial charge is 0.366 e. The summed E-state index contributed by atoms with van der Waals surface area (Å²) in [5.41, 5.74) is 9.65. The van der Waals surface area contributed by atoms with Crippen LogP contribution in [-0.2, 0) is 6.54 Å². The fraction of sp³-hybridized carbons (Fsp3) is 0.312. The highest BCUT2D eigenvalue weighted by atomic mass is 35.5. The molecule has 20 heavy (non-hydrogen) atoms. The number of hydrogen-bond acceptors (Lipinski definition) is 3. The first-order valence-corrected chi connectivity index (χ1v) is 7.30. The van der Waals surface area contributed by atoms with Crippen LogP contribution in [0.25, 0.3) is 0 Å². The number of hydrogen-bond donors (Lipinski definition) is 1. The Bertz CT molecular complexity index is 583. The molecule has 4 heteroatoms. The van der Waals surface area contributed by atoms with Gasteiger partial charge < -0.3 is 10.6 Å². The molecule has 2 heterocycles. The number of anilines is 1. The molecule has 1 unspecified atom stereocenters. The van der Waals surface area contributed by atoms with E-state index in [-0.39, 0.29) is 0 Å². The minimum atomic E-state index is 0.538. The Labute approximate surface area is 124 Å². The second-order valence-corrected chi connectivity index (χ2v) is 5.59. The molecule has 0 saturated carbocycles. The molecule has 3 rings (SSSR count). The number of benzene rings is 1. The summed E-state index contributed by atoms with van der Waals surface area (Å²) in [4.78, 5) is 6.55. The van der Waals surface area contributed by atoms with Crippen LogP contribution in [0.3, 0.4) is 0 Å². The van der Waals surface area contributed by atoms with Gasteiger partial charge in [-0.2, -0.15) is 0 Å². The van der Waals surface area contributed by atoms with Crippen LogP contribution in [-0.4, -0.2) is 18.1 Å². The van der Waals surface area contributed by atoms with Gasteiger partial charge in [-0.25, -0.2) is 4.98 Å². The summed E-state index contributed by atoms with van der Waals surface area (Å²) >= 11 is 5.84. The van der Waals surface area contributed by atoms with Gasteiger partial charge in [0.1, 0.15) is 5.15 Å². The fourth-order valence-corrected chi connectivity index (χ4v) is 3.01. The molecule has 2 N–H and O–H groups in total. The SMILES string of the molecule is NCCC1CN(Cc2ccc(Cl)nc2)c2ccccc21. The third-order valence-corrected chi connectivity index (χ3v) is 4.06. The molecule has 0 radical (unpaired) electrons. The van der Waals surface area contributed by atoms with Gasteiger partial charge in [0.05, 0.1) is 0 Å². The summed E-state index contributed by atoms with van der Waals surface area (Å²) in [7, 11) is 0. The highest BCUT2D eigenvalue weighted by molar-refractivity contribution is 6.29. The molecule has 104 valence electrons. The fourth-order valence-electron chi connectivity index (χ4n) is 2.90. The van der Waals surface area contributed by atoms with Gasteiger partial charge in [-0.3, -0.25) is 0 Å². The standard InChI is InChI=1S/C16H18ClN3/c17-16-6-5-12(9-19-16)10-20-11-13(7-8-18)14-3-1-2-4-15(14)20/h1-6,9,13H,7-8,10-11,18H2. The average molecular weight is 288 g/mol. The predicted molar refractivity (Wildman–Crippen MR) is 83.2 cm³/mol. The number of fused-ring (bicyclic) bond motifs is 1. The quantitative estimate of drug-likeness (QED) is 0.878. The summed E-state index contributed by atoms with van der Waals surface area (Å²) < 4.78 is 0. The maximum atomic E-state index is 5.84. The molecule has 2 aromatic rings. The van der Waals surface area contributed by atoms with E-state index in [0.29, 0.717) is 11.1 Å². The smallest absolute Gasteiger partial charge is 0.129 e. The van der Waals surface area contributed by atoms with Crippen LogP contribution in [0.2, 0.25) is 5.15 Å². The number of para-hydroxylation sites is 1. The summed E-state index contributed by atoms with van der Waals surface area (Å²) in [6.45, 7) is 2.62. The minimum absolute atomic E-state index is 0.538. The van der Waals surface area contributed by atoms with E-state index in [9.17, 15) is 0 Å². The molecule has 0 aliphatic carbocycles. The number of rotatable bonds is 4. The van der Waals surface area contributed by atoms with Gasteiger partial charge in [0.15, 0.2) is 0 Å². The van der Waals surface area contributed by atoms with E-state index in [1.807, 2.05) is 18.3 Å². The van der Waals surface area contributed by atoms with Gasteiger partial charge in [0.25, 0.3) is 0 Å². The van der Waals surface area contributed by atoms with E-state index < -0.39 is 0 Å². The van der Waals surface area contributed by atoms with Gasteiger partial charge in [0.2, 0.25) is 0 Å². The van der Waals surface area contributed by atoms with Crippen molar-refractivity contribution in [3.8, 4) is 0 Å². The van der Waals surface area contributed by atoms with Crippen molar-refractivity contribution in [1.29, 1.82) is 0 Å². The maximum absolute atomic E-state index is 5.84. The van der Waals surface area contributed by atoms with E-state index in [2.05, 4.69) is 34.1 Å². The molecule has 1 aliphatic heterocycles. The second-order valence-electron chi connectivity index (χ2n) is 5.20. The van der Waals surface area contributed by atoms with Gasteiger partial charge in [-0.15, -0.1) is 0 Å². The van der Waals surface area contributed by atoms with E-state index in [0.717, 1.165) is 26.1 Å². The van der Waals surface area contributed by atoms with Crippen LogP contribution in [0.1, 0.15) is 23.5 Å². The van der Waals surface area contributed by atoms with Crippen molar-refractivity contribution in [2.45, 2.75) is 18.9 Å². The topological polar surface area (TPSA) is 42.1 Å². The van der Waals surface area contributed by atoms with E-state index >= 15 is 0 Å². The number of pyridine rings is 1. The Hall–Kier alpha value is -1.58. The molecule has 3 nitrogen and oxygen atoms in total. The first-order valence-electron chi connectivity index (χ1n) is 6.92. The zero-order chi connectivity index (χ0) is 13.9. The van der Waals surface area contributed by atoms with E-state index in [1.54, 1.807) is 0 Å². The molecular formula is C16H18ClN3. The number of aromatic nitrogens is 1. The molecule has 1 aromatic carbocycles. The Balaban J connectivity index is 1.82. The Morgan fingerprint density at radius 3 is 2.85 bits per heavy atom. The predicted octanol–water partition coefficient (Wildman–Crippen LogP) is 3.19. The highest BCUT2D eigenvalue weighted by Crippen LogP contribution is 2.38. The summed E-state index contributed by atoms with van der Waals surface area (Å²) in [5, 5.41) is 0.539. The van der Waals surface area contributed by atoms with Gasteiger partial charge >= 0.3 is 0 Å². The average Bonchev–Trinajstić information content (AvgIpc) is 2.81. The van der Waals surface area contributed by atoms with Crippen molar-refractivity contribution in [1.82, 2.24) is 4.98 Å². The van der Waals surface area contributed by atoms with Crippen LogP contribution >= 0.6 is 11.6 Å². The third-order valence-electron chi connectivity index (χ3n) is 3.84. The molecule has 1 aromatic heterocycles. The zero-order valence-electron chi connectivity index (χ0n) is 11.3. The highest BCUT2D eigenvalue weighted by Gasteiger charge is 2.27. The summed E-state index contributed by atoms with van der Waals surface area (Å²) in [6.07, 6.45) is 2.88. The van der Waals surface area contributed by atoms with Gasteiger partial charge in [0, 0.05) is 30.9 Å². The minimum Gasteiger partial charge on any atom is -0.366 e. The van der Waals surface area contributed by atoms with Crippen LogP contribution in [0.5, 0.6) is 0 Å². The lowest BCUT2D eigenvalue weighted by atomic mass is 9.98. The van der Waals surface area contributed by atoms with Gasteiger partial charge in [-0.05, 0) is 36.2 Å². The Morgan fingerprint density at radius 1 is 1.25 bits per heavy atom. The van der Waals surface area contributed by atoms with Crippen molar-refractivity contribution >= 4 is 17.3 Å². The summed E-state index contributed by atoms with van der Waals surface area (Å²) in [6, 6.07) is 12.5. The first kappa shape index (κ1) is 13.4. The Morgan fingerprint density at radius 2 is 2.10 bits per heavy atom. The van der Waals surface area contributed by atoms with Crippen molar-refractivity contribution in [3.63, 3.8) is 0 Å². The van der Waals surface area contributed by atoms with Crippen LogP contribution in [0.4, 0.5) is 5.69 Å². The molecular weight excluding hydrogens is 270 g/mol. The van der Waals surface area contributed by atoms with Crippen molar-refractivity contribution in [3.05, 3.63) is 58.9 Å². The lowest BCUT2D eigenvalue weighted by molar-refractivity contribution is 0.644. The molecule has 1 aliphatic rings. The number of halogens is 1. The van der Waals surface area contributed by atoms with E-state index in [1.165, 1.54) is 16.8 Å². The molecule has 0 amide bonds. The normalized spacial score (nSPS) is 17.3. The third kappa shape index (κ3) is 2.65. The number of nitrogens with two attached hydrogens (primary N) is 1. The molecule has 0 spiro atoms. The van der Waals surface area contributed by atoms with Crippen LogP contribution in [0.15, 0.2) is 42.6 Å². The lowest BCUT2D eigenvalue weighted by Gasteiger charge is -2.20. The first-order chi connectivity index (χ1) is 9.78. The molecule has 0 bridgehead atoms. The number of nitrogens with zero attached hydrogens (tertiary/aromatic N) is 2. The van der Waals surface area contributed by atoms with E-state index in [4.69, 9.17) is 17.3 Å². The summed E-state index contributed by atoms with van der Waals surface area (Å²) in [5.74, 6) is 0.538. The van der Waals surface area contributed by atoms with Crippen molar-refractivity contribution in [2.24, 2.45) is 5.73 Å². The Kier molecular flexibility index (Phi) is 3.90. The second kappa shape index (κ2) is 5.81. The van der Waals surface area contributed by atoms with Crippen molar-refractivity contribution in [2.75, 3.05) is 18.0 Å². The maximum Gasteiger partial charge on any atom is 0.129 e. The van der Waals surface area contributed by atoms with Crippen LogP contribution < -0.4 is 10.6 Å². The van der Waals surface area contributed by atoms with Crippen molar-refractivity contribution < 1.29 is 0 Å². The molecule has 1 atom stereocenters.